The smallest absolute Gasteiger partial charge is 0.343 e. The standard InChI is InChI=1S/C20H18N4O5/c1-27-15-7-6-14-16(29-20(26)18(14)19(15)28-2)9-17(25)23-12-4-3-5-13(8-12)24-10-21-22-11-24/h3-8,10-11,16H,9H2,1-2H3,(H,23,25). The molecule has 9 nitrogen and oxygen atoms in total. The Kier molecular flexibility index (Phi) is 4.86. The van der Waals surface area contributed by atoms with Crippen molar-refractivity contribution in [3.63, 3.8) is 0 Å². The van der Waals surface area contributed by atoms with Gasteiger partial charge in [-0.15, -0.1) is 10.2 Å². The molecule has 1 aromatic heterocycles. The molecule has 0 saturated carbocycles. The van der Waals surface area contributed by atoms with E-state index in [-0.39, 0.29) is 12.3 Å². The SMILES string of the molecule is COc1ccc2c(c1OC)C(=O)OC2CC(=O)Nc1cccc(-n2cnnc2)c1. The van der Waals surface area contributed by atoms with Gasteiger partial charge in [0.25, 0.3) is 0 Å². The van der Waals surface area contributed by atoms with Crippen LogP contribution in [0, 0.1) is 0 Å². The second-order valence-corrected chi connectivity index (χ2v) is 6.33. The first-order valence-corrected chi connectivity index (χ1v) is 8.81. The Balaban J connectivity index is 1.51. The molecule has 148 valence electrons. The van der Waals surface area contributed by atoms with E-state index in [1.165, 1.54) is 14.2 Å². The Labute approximate surface area is 166 Å². The Morgan fingerprint density at radius 2 is 1.97 bits per heavy atom. The summed E-state index contributed by atoms with van der Waals surface area (Å²) in [7, 11) is 2.94. The predicted octanol–water partition coefficient (Wildman–Crippen LogP) is 2.52. The van der Waals surface area contributed by atoms with Crippen LogP contribution in [0.25, 0.3) is 5.69 Å². The fourth-order valence-electron chi connectivity index (χ4n) is 3.28. The second kappa shape index (κ2) is 7.63. The Morgan fingerprint density at radius 1 is 1.17 bits per heavy atom. The van der Waals surface area contributed by atoms with Gasteiger partial charge in [-0.1, -0.05) is 12.1 Å². The van der Waals surface area contributed by atoms with Crippen molar-refractivity contribution in [2.75, 3.05) is 19.5 Å². The molecule has 3 aromatic rings. The molecule has 0 aliphatic carbocycles. The highest BCUT2D eigenvalue weighted by atomic mass is 16.6. The largest absolute Gasteiger partial charge is 0.493 e. The normalized spacial score (nSPS) is 14.8. The van der Waals surface area contributed by atoms with Gasteiger partial charge in [0.1, 0.15) is 24.3 Å². The number of fused-ring (bicyclic) bond motifs is 1. The third-order valence-corrected chi connectivity index (χ3v) is 4.60. The van der Waals surface area contributed by atoms with Crippen molar-refractivity contribution in [2.24, 2.45) is 0 Å². The molecule has 2 heterocycles. The van der Waals surface area contributed by atoms with E-state index in [0.29, 0.717) is 28.3 Å². The van der Waals surface area contributed by atoms with E-state index in [0.717, 1.165) is 5.69 Å². The number of esters is 1. The molecule has 0 fully saturated rings. The molecule has 9 heteroatoms. The number of anilines is 1. The molecule has 1 N–H and O–H groups in total. The lowest BCUT2D eigenvalue weighted by Crippen LogP contribution is -2.16. The number of cyclic esters (lactones) is 1. The number of hydrogen-bond acceptors (Lipinski definition) is 7. The van der Waals surface area contributed by atoms with Crippen LogP contribution in [0.3, 0.4) is 0 Å². The molecule has 0 bridgehead atoms. The number of carbonyl (C=O) groups is 2. The number of benzene rings is 2. The maximum atomic E-state index is 12.6. The van der Waals surface area contributed by atoms with Crippen molar-refractivity contribution in [3.05, 3.63) is 60.2 Å². The van der Waals surface area contributed by atoms with E-state index in [2.05, 4.69) is 15.5 Å². The van der Waals surface area contributed by atoms with Gasteiger partial charge in [-0.3, -0.25) is 9.36 Å². The Hall–Kier alpha value is -3.88. The van der Waals surface area contributed by atoms with Gasteiger partial charge in [-0.05, 0) is 24.3 Å². The summed E-state index contributed by atoms with van der Waals surface area (Å²) < 4.78 is 17.7. The van der Waals surface area contributed by atoms with Gasteiger partial charge in [-0.25, -0.2) is 4.79 Å². The highest BCUT2D eigenvalue weighted by Crippen LogP contribution is 2.43. The minimum absolute atomic E-state index is 0.0227. The molecule has 1 amide bonds. The monoisotopic (exact) mass is 394 g/mol. The molecule has 0 spiro atoms. The average Bonchev–Trinajstić information content (AvgIpc) is 3.36. The van der Waals surface area contributed by atoms with Crippen molar-refractivity contribution in [1.82, 2.24) is 14.8 Å². The fourth-order valence-corrected chi connectivity index (χ4v) is 3.28. The molecule has 1 aliphatic heterocycles. The quantitative estimate of drug-likeness (QED) is 0.641. The zero-order valence-corrected chi connectivity index (χ0v) is 15.8. The van der Waals surface area contributed by atoms with Gasteiger partial charge in [0.15, 0.2) is 11.5 Å². The van der Waals surface area contributed by atoms with E-state index >= 15 is 0 Å². The first kappa shape index (κ1) is 18.5. The average molecular weight is 394 g/mol. The number of aromatic nitrogens is 3. The van der Waals surface area contributed by atoms with Crippen molar-refractivity contribution in [1.29, 1.82) is 0 Å². The van der Waals surface area contributed by atoms with Crippen molar-refractivity contribution >= 4 is 17.6 Å². The van der Waals surface area contributed by atoms with Crippen LogP contribution in [0.15, 0.2) is 49.1 Å². The maximum absolute atomic E-state index is 12.6. The van der Waals surface area contributed by atoms with Crippen LogP contribution in [0.1, 0.15) is 28.4 Å². The summed E-state index contributed by atoms with van der Waals surface area (Å²) >= 11 is 0. The van der Waals surface area contributed by atoms with Crippen LogP contribution in [0.2, 0.25) is 0 Å². The predicted molar refractivity (Wildman–Crippen MR) is 102 cm³/mol. The number of rotatable bonds is 6. The van der Waals surface area contributed by atoms with Crippen molar-refractivity contribution in [3.8, 4) is 17.2 Å². The zero-order chi connectivity index (χ0) is 20.4. The topological polar surface area (TPSA) is 105 Å². The molecule has 1 unspecified atom stereocenters. The number of amides is 1. The van der Waals surface area contributed by atoms with Gasteiger partial charge >= 0.3 is 5.97 Å². The lowest BCUT2D eigenvalue weighted by molar-refractivity contribution is -0.118. The Morgan fingerprint density at radius 3 is 2.69 bits per heavy atom. The fraction of sp³-hybridized carbons (Fsp3) is 0.200. The Bertz CT molecular complexity index is 1060. The number of nitrogens with one attached hydrogen (secondary N) is 1. The maximum Gasteiger partial charge on any atom is 0.343 e. The van der Waals surface area contributed by atoms with E-state index < -0.39 is 12.1 Å². The molecule has 29 heavy (non-hydrogen) atoms. The van der Waals surface area contributed by atoms with Gasteiger partial charge < -0.3 is 19.5 Å². The molecule has 0 saturated heterocycles. The van der Waals surface area contributed by atoms with E-state index in [4.69, 9.17) is 14.2 Å². The molecular weight excluding hydrogens is 376 g/mol. The van der Waals surface area contributed by atoms with Gasteiger partial charge in [-0.2, -0.15) is 0 Å². The summed E-state index contributed by atoms with van der Waals surface area (Å²) in [6.45, 7) is 0. The third kappa shape index (κ3) is 3.49. The molecule has 1 aliphatic rings. The first-order chi connectivity index (χ1) is 14.1. The number of nitrogens with zero attached hydrogens (tertiary/aromatic N) is 3. The lowest BCUT2D eigenvalue weighted by atomic mass is 10.0. The minimum atomic E-state index is -0.696. The summed E-state index contributed by atoms with van der Waals surface area (Å²) in [6, 6.07) is 10.7. The number of methoxy groups -OCH3 is 2. The summed E-state index contributed by atoms with van der Waals surface area (Å²) in [5.41, 5.74) is 2.31. The first-order valence-electron chi connectivity index (χ1n) is 8.81. The van der Waals surface area contributed by atoms with Crippen molar-refractivity contribution in [2.45, 2.75) is 12.5 Å². The van der Waals surface area contributed by atoms with Crippen LogP contribution in [0.4, 0.5) is 5.69 Å². The molecular formula is C20H18N4O5. The zero-order valence-electron chi connectivity index (χ0n) is 15.8. The van der Waals surface area contributed by atoms with Crippen molar-refractivity contribution < 1.29 is 23.8 Å². The molecule has 0 radical (unpaired) electrons. The van der Waals surface area contributed by atoms with Crippen LogP contribution in [-0.4, -0.2) is 40.9 Å². The highest BCUT2D eigenvalue weighted by Gasteiger charge is 2.36. The van der Waals surface area contributed by atoms with Crippen LogP contribution in [0.5, 0.6) is 11.5 Å². The van der Waals surface area contributed by atoms with Gasteiger partial charge in [0.05, 0.1) is 26.3 Å². The second-order valence-electron chi connectivity index (χ2n) is 6.33. The number of hydrogen-bond donors (Lipinski definition) is 1. The van der Waals surface area contributed by atoms with E-state index in [9.17, 15) is 9.59 Å². The van der Waals surface area contributed by atoms with Crippen LogP contribution >= 0.6 is 0 Å². The summed E-state index contributed by atoms with van der Waals surface area (Å²) in [5, 5.41) is 10.4. The number of carbonyl (C=O) groups excluding carboxylic acids is 2. The molecule has 2 aromatic carbocycles. The lowest BCUT2D eigenvalue weighted by Gasteiger charge is -2.13. The molecule has 4 rings (SSSR count). The summed E-state index contributed by atoms with van der Waals surface area (Å²) in [6.07, 6.45) is 2.42. The highest BCUT2D eigenvalue weighted by molar-refractivity contribution is 5.99. The summed E-state index contributed by atoms with van der Waals surface area (Å²) in [5.74, 6) is -0.0897. The van der Waals surface area contributed by atoms with E-state index in [1.807, 2.05) is 12.1 Å². The molecule has 1 atom stereocenters. The van der Waals surface area contributed by atoms with E-state index in [1.54, 1.807) is 41.5 Å². The minimum Gasteiger partial charge on any atom is -0.493 e. The van der Waals surface area contributed by atoms with Gasteiger partial charge in [0.2, 0.25) is 5.91 Å². The number of ether oxygens (including phenoxy) is 3. The third-order valence-electron chi connectivity index (χ3n) is 4.60. The van der Waals surface area contributed by atoms with Crippen LogP contribution in [-0.2, 0) is 9.53 Å². The van der Waals surface area contributed by atoms with Crippen LogP contribution < -0.4 is 14.8 Å². The van der Waals surface area contributed by atoms with Gasteiger partial charge in [0, 0.05) is 11.3 Å². The summed E-state index contributed by atoms with van der Waals surface area (Å²) in [4.78, 5) is 24.9.